The maximum absolute atomic E-state index is 12.9. The third-order valence-electron chi connectivity index (χ3n) is 4.27. The normalized spacial score (nSPS) is 21.9. The Labute approximate surface area is 139 Å². The molecule has 1 saturated heterocycles. The number of alkyl halides is 3. The van der Waals surface area contributed by atoms with Gasteiger partial charge in [0.05, 0.1) is 23.0 Å². The second-order valence-electron chi connectivity index (χ2n) is 7.39. The number of hydrogen-bond donors (Lipinski definition) is 1. The number of halogens is 3. The van der Waals surface area contributed by atoms with Crippen LogP contribution in [0.15, 0.2) is 18.5 Å². The Morgan fingerprint density at radius 3 is 2.46 bits per heavy atom. The van der Waals surface area contributed by atoms with Crippen molar-refractivity contribution in [3.63, 3.8) is 0 Å². The maximum atomic E-state index is 12.9. The fraction of sp³-hybridized carbons (Fsp3) is 0.625. The van der Waals surface area contributed by atoms with Crippen molar-refractivity contribution in [1.82, 2.24) is 9.88 Å². The average molecular weight is 345 g/mol. The van der Waals surface area contributed by atoms with Crippen LogP contribution in [0.3, 0.4) is 0 Å². The average Bonchev–Trinajstić information content (AvgIpc) is 2.78. The molecule has 0 aromatic carbocycles. The van der Waals surface area contributed by atoms with Gasteiger partial charge < -0.3 is 10.0 Å². The molecule has 1 aromatic rings. The van der Waals surface area contributed by atoms with Crippen LogP contribution in [0.4, 0.5) is 23.7 Å². The number of hydrogen-bond acceptors (Lipinski definition) is 3. The van der Waals surface area contributed by atoms with E-state index < -0.39 is 28.9 Å². The van der Waals surface area contributed by atoms with Gasteiger partial charge in [-0.3, -0.25) is 9.88 Å². The van der Waals surface area contributed by atoms with Crippen LogP contribution >= 0.6 is 0 Å². The SMILES string of the molecule is CC(C)(C)N(C(=O)O)C1(C)CCN(c2cncc(C(F)(F)F)c2)C1. The van der Waals surface area contributed by atoms with E-state index in [1.165, 1.54) is 11.1 Å². The Balaban J connectivity index is 2.28. The highest BCUT2D eigenvalue weighted by Gasteiger charge is 2.46. The van der Waals surface area contributed by atoms with E-state index in [4.69, 9.17) is 0 Å². The Hall–Kier alpha value is -1.99. The summed E-state index contributed by atoms with van der Waals surface area (Å²) < 4.78 is 38.6. The number of nitrogens with zero attached hydrogens (tertiary/aromatic N) is 3. The van der Waals surface area contributed by atoms with Crippen molar-refractivity contribution >= 4 is 11.8 Å². The highest BCUT2D eigenvalue weighted by atomic mass is 19.4. The molecular weight excluding hydrogens is 323 g/mol. The van der Waals surface area contributed by atoms with Crippen LogP contribution in [0.5, 0.6) is 0 Å². The molecule has 0 aliphatic carbocycles. The summed E-state index contributed by atoms with van der Waals surface area (Å²) in [4.78, 5) is 18.5. The fourth-order valence-electron chi connectivity index (χ4n) is 3.43. The lowest BCUT2D eigenvalue weighted by atomic mass is 9.92. The number of carboxylic acid groups (broad SMARTS) is 1. The second kappa shape index (κ2) is 5.82. The third-order valence-corrected chi connectivity index (χ3v) is 4.27. The molecule has 0 bridgehead atoms. The summed E-state index contributed by atoms with van der Waals surface area (Å²) in [6.45, 7) is 8.04. The van der Waals surface area contributed by atoms with Crippen molar-refractivity contribution in [2.75, 3.05) is 18.0 Å². The summed E-state index contributed by atoms with van der Waals surface area (Å²) in [6, 6.07) is 1.06. The number of aromatic nitrogens is 1. The van der Waals surface area contributed by atoms with E-state index in [1.807, 2.05) is 6.92 Å². The Morgan fingerprint density at radius 2 is 1.96 bits per heavy atom. The van der Waals surface area contributed by atoms with Crippen LogP contribution in [-0.2, 0) is 6.18 Å². The predicted molar refractivity (Wildman–Crippen MR) is 84.1 cm³/mol. The topological polar surface area (TPSA) is 56.7 Å². The van der Waals surface area contributed by atoms with Gasteiger partial charge in [0.1, 0.15) is 0 Å². The molecule has 0 spiro atoms. The summed E-state index contributed by atoms with van der Waals surface area (Å²) >= 11 is 0. The van der Waals surface area contributed by atoms with Crippen molar-refractivity contribution in [3.8, 4) is 0 Å². The summed E-state index contributed by atoms with van der Waals surface area (Å²) in [6.07, 6.45) is -2.79. The molecule has 1 aliphatic rings. The first-order valence-corrected chi connectivity index (χ1v) is 7.65. The van der Waals surface area contributed by atoms with E-state index in [0.29, 0.717) is 25.2 Å². The van der Waals surface area contributed by atoms with E-state index in [2.05, 4.69) is 4.98 Å². The zero-order valence-electron chi connectivity index (χ0n) is 14.2. The van der Waals surface area contributed by atoms with Crippen LogP contribution in [-0.4, -0.2) is 45.3 Å². The van der Waals surface area contributed by atoms with Crippen LogP contribution in [0, 0.1) is 0 Å². The van der Waals surface area contributed by atoms with Crippen LogP contribution < -0.4 is 4.90 Å². The van der Waals surface area contributed by atoms with Gasteiger partial charge in [-0.05, 0) is 40.2 Å². The van der Waals surface area contributed by atoms with Crippen LogP contribution in [0.25, 0.3) is 0 Å². The highest BCUT2D eigenvalue weighted by molar-refractivity contribution is 5.68. The van der Waals surface area contributed by atoms with E-state index in [0.717, 1.165) is 12.3 Å². The van der Waals surface area contributed by atoms with Crippen molar-refractivity contribution in [1.29, 1.82) is 0 Å². The third kappa shape index (κ3) is 3.57. The summed E-state index contributed by atoms with van der Waals surface area (Å²) in [5.41, 5.74) is -1.74. The Kier molecular flexibility index (Phi) is 4.45. The standard InChI is InChI=1S/C16H22F3N3O2/c1-14(2,3)22(13(23)24)15(4)5-6-21(10-15)12-7-11(8-20-9-12)16(17,18)19/h7-9H,5-6,10H2,1-4H3,(H,23,24). The van der Waals surface area contributed by atoms with Gasteiger partial charge in [-0.25, -0.2) is 4.79 Å². The number of anilines is 1. The molecule has 1 aliphatic heterocycles. The minimum Gasteiger partial charge on any atom is -0.465 e. The molecule has 0 radical (unpaired) electrons. The quantitative estimate of drug-likeness (QED) is 0.885. The van der Waals surface area contributed by atoms with Gasteiger partial charge in [0.2, 0.25) is 0 Å². The van der Waals surface area contributed by atoms with Crippen molar-refractivity contribution in [2.45, 2.75) is 51.4 Å². The lowest BCUT2D eigenvalue weighted by Gasteiger charge is -2.45. The van der Waals surface area contributed by atoms with Gasteiger partial charge in [-0.2, -0.15) is 13.2 Å². The molecule has 0 saturated carbocycles. The number of rotatable bonds is 2. The Morgan fingerprint density at radius 1 is 1.33 bits per heavy atom. The first kappa shape index (κ1) is 18.4. The van der Waals surface area contributed by atoms with Gasteiger partial charge in [0.25, 0.3) is 0 Å². The minimum absolute atomic E-state index is 0.319. The number of amides is 1. The fourth-order valence-corrected chi connectivity index (χ4v) is 3.43. The van der Waals surface area contributed by atoms with Gasteiger partial charge >= 0.3 is 12.3 Å². The molecule has 1 aromatic heterocycles. The van der Waals surface area contributed by atoms with Gasteiger partial charge in [0, 0.05) is 24.8 Å². The molecule has 5 nitrogen and oxygen atoms in total. The molecule has 2 heterocycles. The smallest absolute Gasteiger partial charge is 0.417 e. The molecule has 134 valence electrons. The van der Waals surface area contributed by atoms with E-state index in [9.17, 15) is 23.1 Å². The van der Waals surface area contributed by atoms with Gasteiger partial charge in [-0.1, -0.05) is 0 Å². The molecule has 1 fully saturated rings. The zero-order chi connectivity index (χ0) is 18.3. The first-order valence-electron chi connectivity index (χ1n) is 7.65. The largest absolute Gasteiger partial charge is 0.465 e. The summed E-state index contributed by atoms with van der Waals surface area (Å²) in [7, 11) is 0. The molecule has 24 heavy (non-hydrogen) atoms. The molecule has 2 rings (SSSR count). The van der Waals surface area contributed by atoms with Gasteiger partial charge in [0.15, 0.2) is 0 Å². The molecule has 8 heteroatoms. The lowest BCUT2D eigenvalue weighted by molar-refractivity contribution is -0.137. The minimum atomic E-state index is -4.45. The van der Waals surface area contributed by atoms with Crippen LogP contribution in [0.2, 0.25) is 0 Å². The monoisotopic (exact) mass is 345 g/mol. The molecule has 1 amide bonds. The number of pyridine rings is 1. The molecular formula is C16H22F3N3O2. The number of carbonyl (C=O) groups is 1. The van der Waals surface area contributed by atoms with Gasteiger partial charge in [-0.15, -0.1) is 0 Å². The maximum Gasteiger partial charge on any atom is 0.417 e. The summed E-state index contributed by atoms with van der Waals surface area (Å²) in [5.74, 6) is 0. The summed E-state index contributed by atoms with van der Waals surface area (Å²) in [5, 5.41) is 9.59. The van der Waals surface area contributed by atoms with E-state index in [1.54, 1.807) is 25.7 Å². The molecule has 1 unspecified atom stereocenters. The Bertz CT molecular complexity index is 628. The van der Waals surface area contributed by atoms with Crippen molar-refractivity contribution in [3.05, 3.63) is 24.0 Å². The molecule has 1 N–H and O–H groups in total. The second-order valence-corrected chi connectivity index (χ2v) is 7.39. The predicted octanol–water partition coefficient (Wildman–Crippen LogP) is 3.85. The van der Waals surface area contributed by atoms with E-state index in [-0.39, 0.29) is 0 Å². The van der Waals surface area contributed by atoms with Crippen molar-refractivity contribution < 1.29 is 23.1 Å². The zero-order valence-corrected chi connectivity index (χ0v) is 14.2. The van der Waals surface area contributed by atoms with Crippen molar-refractivity contribution in [2.24, 2.45) is 0 Å². The lowest BCUT2D eigenvalue weighted by Crippen LogP contribution is -2.59. The first-order chi connectivity index (χ1) is 10.8. The van der Waals surface area contributed by atoms with Crippen LogP contribution in [0.1, 0.15) is 39.7 Å². The highest BCUT2D eigenvalue weighted by Crippen LogP contribution is 2.37. The molecule has 1 atom stereocenters. The van der Waals surface area contributed by atoms with E-state index >= 15 is 0 Å².